The zero-order chi connectivity index (χ0) is 53.4. The molecule has 0 fully saturated rings. The summed E-state index contributed by atoms with van der Waals surface area (Å²) in [6, 6.07) is 0. The molecule has 9 nitrogen and oxygen atoms in total. The molecule has 0 aliphatic heterocycles. The van der Waals surface area contributed by atoms with Crippen LogP contribution in [0.3, 0.4) is 0 Å². The molecule has 0 saturated carbocycles. The van der Waals surface area contributed by atoms with E-state index >= 15 is 0 Å². The van der Waals surface area contributed by atoms with Gasteiger partial charge in [-0.3, -0.25) is 9.59 Å². The minimum absolute atomic E-state index is 0.143. The Hall–Kier alpha value is -3.01. The molecule has 0 radical (unpaired) electrons. The van der Waals surface area contributed by atoms with E-state index in [1.165, 1.54) is 154 Å². The number of ether oxygens (including phenoxy) is 4. The lowest BCUT2D eigenvalue weighted by molar-refractivity contribution is -0.870. The Bertz CT molecular complexity index is 1380. The topological polar surface area (TPSA) is 111 Å². The monoisotopic (exact) mass is 1030 g/mol. The van der Waals surface area contributed by atoms with Gasteiger partial charge in [0.05, 0.1) is 40.3 Å². The second-order valence-corrected chi connectivity index (χ2v) is 21.6. The van der Waals surface area contributed by atoms with Crippen molar-refractivity contribution in [2.75, 3.05) is 47.5 Å². The molecule has 0 N–H and O–H groups in total. The number of carbonyl (C=O) groups excluding carboxylic acids is 3. The number of nitrogens with zero attached hydrogens (tertiary/aromatic N) is 1. The summed E-state index contributed by atoms with van der Waals surface area (Å²) in [4.78, 5) is 37.3. The summed E-state index contributed by atoms with van der Waals surface area (Å²) in [5.41, 5.74) is 0. The first-order chi connectivity index (χ1) is 35.6. The van der Waals surface area contributed by atoms with Gasteiger partial charge in [-0.05, 0) is 77.0 Å². The minimum Gasteiger partial charge on any atom is -0.545 e. The van der Waals surface area contributed by atoms with Crippen LogP contribution in [0, 0.1) is 0 Å². The van der Waals surface area contributed by atoms with Crippen molar-refractivity contribution < 1.29 is 42.9 Å². The Labute approximate surface area is 450 Å². The number of carbonyl (C=O) groups is 3. The zero-order valence-corrected chi connectivity index (χ0v) is 48.3. The number of hydrogen-bond acceptors (Lipinski definition) is 8. The first-order valence-corrected chi connectivity index (χ1v) is 30.4. The van der Waals surface area contributed by atoms with Crippen molar-refractivity contribution in [2.24, 2.45) is 0 Å². The molecule has 0 aliphatic rings. The molecule has 0 spiro atoms. The molecule has 424 valence electrons. The molecule has 0 aromatic heterocycles. The highest BCUT2D eigenvalue weighted by molar-refractivity contribution is 5.70. The maximum atomic E-state index is 12.9. The standard InChI is InChI=1S/C64H115NO8/c1-6-8-10-12-14-16-18-20-22-24-26-27-28-29-30-31-32-33-34-35-37-38-40-42-44-46-48-50-52-54-61(66)71-58-60(59-72-64(63(68)69)70-57-56-65(3,4)5)73-62(67)55-53-51-49-47-45-43-41-39-36-25-23-21-19-17-15-13-11-9-7-2/h9,11,15,17,21,23-24,26,36,39,60,64H,6-8,10,12-14,16,18-20,22,25,27-35,37-38,40-59H2,1-5H3/b11-9-,17-15-,23-21-,26-24-,39-36-. The predicted octanol–water partition coefficient (Wildman–Crippen LogP) is 16.7. The molecule has 0 aromatic carbocycles. The predicted molar refractivity (Wildman–Crippen MR) is 306 cm³/mol. The fourth-order valence-electron chi connectivity index (χ4n) is 8.58. The Morgan fingerprint density at radius 3 is 1.18 bits per heavy atom. The molecule has 9 heteroatoms. The highest BCUT2D eigenvalue weighted by atomic mass is 16.7. The molecule has 0 rings (SSSR count). The SMILES string of the molecule is CC/C=C\C/C=C\C/C=C\C/C=C\CCCCCCCCC(=O)OC(COC(=O)CCCCCCCCCCCCCCCCCCC/C=C\CCCCCCCCCC)COC(OCC[N+](C)(C)C)C(=O)[O-]. The van der Waals surface area contributed by atoms with E-state index in [0.717, 1.165) is 83.5 Å². The van der Waals surface area contributed by atoms with Crippen LogP contribution in [0.25, 0.3) is 0 Å². The third kappa shape index (κ3) is 56.6. The van der Waals surface area contributed by atoms with Crippen LogP contribution in [-0.4, -0.2) is 82.3 Å². The molecule has 73 heavy (non-hydrogen) atoms. The summed E-state index contributed by atoms with van der Waals surface area (Å²) in [5, 5.41) is 11.8. The Balaban J connectivity index is 4.16. The Kier molecular flexibility index (Phi) is 53.0. The van der Waals surface area contributed by atoms with Crippen molar-refractivity contribution in [1.29, 1.82) is 0 Å². The number of allylic oxidation sites excluding steroid dienone is 10. The number of likely N-dealkylation sites (N-methyl/N-ethyl adjacent to an activating group) is 1. The van der Waals surface area contributed by atoms with E-state index in [1.807, 2.05) is 21.1 Å². The van der Waals surface area contributed by atoms with E-state index < -0.39 is 24.3 Å². The fourth-order valence-corrected chi connectivity index (χ4v) is 8.58. The molecular formula is C64H115NO8. The van der Waals surface area contributed by atoms with Gasteiger partial charge in [-0.25, -0.2) is 0 Å². The second-order valence-electron chi connectivity index (χ2n) is 21.6. The summed E-state index contributed by atoms with van der Waals surface area (Å²) in [6.45, 7) is 4.64. The summed E-state index contributed by atoms with van der Waals surface area (Å²) in [7, 11) is 5.92. The number of aliphatic carboxylic acids is 1. The number of esters is 2. The zero-order valence-electron chi connectivity index (χ0n) is 48.3. The number of unbranched alkanes of at least 4 members (excludes halogenated alkanes) is 31. The molecular weight excluding hydrogens is 911 g/mol. The van der Waals surface area contributed by atoms with Gasteiger partial charge in [-0.1, -0.05) is 242 Å². The number of hydrogen-bond donors (Lipinski definition) is 0. The van der Waals surface area contributed by atoms with Crippen molar-refractivity contribution in [1.82, 2.24) is 0 Å². The van der Waals surface area contributed by atoms with Crippen LogP contribution in [0.2, 0.25) is 0 Å². The van der Waals surface area contributed by atoms with Gasteiger partial charge in [0.25, 0.3) is 0 Å². The van der Waals surface area contributed by atoms with E-state index in [2.05, 4.69) is 74.6 Å². The van der Waals surface area contributed by atoms with Crippen LogP contribution in [0.5, 0.6) is 0 Å². The normalized spacial score (nSPS) is 13.2. The van der Waals surface area contributed by atoms with Crippen LogP contribution < -0.4 is 5.11 Å². The molecule has 0 amide bonds. The first-order valence-electron chi connectivity index (χ1n) is 30.4. The van der Waals surface area contributed by atoms with Crippen LogP contribution in [-0.2, 0) is 33.3 Å². The average molecular weight is 1030 g/mol. The lowest BCUT2D eigenvalue weighted by Gasteiger charge is -2.26. The van der Waals surface area contributed by atoms with Crippen molar-refractivity contribution in [3.05, 3.63) is 60.8 Å². The third-order valence-electron chi connectivity index (χ3n) is 13.2. The lowest BCUT2D eigenvalue weighted by Crippen LogP contribution is -2.44. The molecule has 2 unspecified atom stereocenters. The molecule has 0 heterocycles. The number of rotatable bonds is 56. The van der Waals surface area contributed by atoms with E-state index in [-0.39, 0.29) is 38.6 Å². The maximum Gasteiger partial charge on any atom is 0.306 e. The van der Waals surface area contributed by atoms with Crippen molar-refractivity contribution in [2.45, 2.75) is 283 Å². The van der Waals surface area contributed by atoms with Crippen LogP contribution in [0.15, 0.2) is 60.8 Å². The molecule has 2 atom stereocenters. The van der Waals surface area contributed by atoms with Gasteiger partial charge in [0.1, 0.15) is 13.2 Å². The second kappa shape index (κ2) is 55.2. The van der Waals surface area contributed by atoms with E-state index in [9.17, 15) is 19.5 Å². The smallest absolute Gasteiger partial charge is 0.306 e. The number of carboxylic acid groups (broad SMARTS) is 1. The highest BCUT2D eigenvalue weighted by Gasteiger charge is 2.22. The van der Waals surface area contributed by atoms with Crippen LogP contribution in [0.4, 0.5) is 0 Å². The van der Waals surface area contributed by atoms with Crippen LogP contribution >= 0.6 is 0 Å². The van der Waals surface area contributed by atoms with Gasteiger partial charge in [0.2, 0.25) is 0 Å². The highest BCUT2D eigenvalue weighted by Crippen LogP contribution is 2.17. The van der Waals surface area contributed by atoms with Gasteiger partial charge in [0, 0.05) is 12.8 Å². The largest absolute Gasteiger partial charge is 0.545 e. The van der Waals surface area contributed by atoms with Crippen molar-refractivity contribution in [3.63, 3.8) is 0 Å². The molecule has 0 aromatic rings. The van der Waals surface area contributed by atoms with Gasteiger partial charge in [0.15, 0.2) is 12.4 Å². The Morgan fingerprint density at radius 2 is 0.781 bits per heavy atom. The Morgan fingerprint density at radius 1 is 0.425 bits per heavy atom. The van der Waals surface area contributed by atoms with Crippen molar-refractivity contribution in [3.8, 4) is 0 Å². The quantitative estimate of drug-likeness (QED) is 0.0195. The molecule has 0 bridgehead atoms. The summed E-state index contributed by atoms with van der Waals surface area (Å²) in [5.74, 6) is -2.29. The minimum atomic E-state index is -1.63. The van der Waals surface area contributed by atoms with Gasteiger partial charge in [-0.15, -0.1) is 0 Å². The van der Waals surface area contributed by atoms with Gasteiger partial charge >= 0.3 is 11.9 Å². The van der Waals surface area contributed by atoms with Gasteiger partial charge in [-0.2, -0.15) is 0 Å². The summed E-state index contributed by atoms with van der Waals surface area (Å²) in [6.07, 6.45) is 67.1. The molecule has 0 saturated heterocycles. The van der Waals surface area contributed by atoms with E-state index in [4.69, 9.17) is 18.9 Å². The number of quaternary nitrogens is 1. The first kappa shape index (κ1) is 70.0. The van der Waals surface area contributed by atoms with Crippen LogP contribution in [0.1, 0.15) is 271 Å². The van der Waals surface area contributed by atoms with E-state index in [1.54, 1.807) is 0 Å². The fraction of sp³-hybridized carbons (Fsp3) is 0.797. The maximum absolute atomic E-state index is 12.9. The van der Waals surface area contributed by atoms with Gasteiger partial charge < -0.3 is 33.3 Å². The summed E-state index contributed by atoms with van der Waals surface area (Å²) < 4.78 is 22.7. The lowest BCUT2D eigenvalue weighted by atomic mass is 10.0. The molecule has 0 aliphatic carbocycles. The average Bonchev–Trinajstić information content (AvgIpc) is 3.36. The third-order valence-corrected chi connectivity index (χ3v) is 13.2. The van der Waals surface area contributed by atoms with E-state index in [0.29, 0.717) is 17.4 Å². The van der Waals surface area contributed by atoms with Crippen molar-refractivity contribution >= 4 is 17.9 Å². The number of carboxylic acids is 1. The summed E-state index contributed by atoms with van der Waals surface area (Å²) >= 11 is 0.